The van der Waals surface area contributed by atoms with E-state index in [2.05, 4.69) is 40.2 Å². The van der Waals surface area contributed by atoms with Crippen LogP contribution in [0.5, 0.6) is 5.75 Å². The van der Waals surface area contributed by atoms with E-state index in [-0.39, 0.29) is 6.04 Å². The predicted molar refractivity (Wildman–Crippen MR) is 88.6 cm³/mol. The number of hydrogen-bond acceptors (Lipinski definition) is 3. The van der Waals surface area contributed by atoms with Crippen LogP contribution in [0, 0.1) is 0 Å². The summed E-state index contributed by atoms with van der Waals surface area (Å²) in [6.45, 7) is 6.62. The Kier molecular flexibility index (Phi) is 6.26. The summed E-state index contributed by atoms with van der Waals surface area (Å²) < 4.78 is 8.98. The summed E-state index contributed by atoms with van der Waals surface area (Å²) in [6, 6.07) is 10.0. The number of aromatic nitrogens is 2. The first-order valence-corrected chi connectivity index (χ1v) is 8.18. The van der Waals surface area contributed by atoms with Gasteiger partial charge < -0.3 is 10.1 Å². The van der Waals surface area contributed by atoms with Crippen LogP contribution < -0.4 is 10.1 Å². The largest absolute Gasteiger partial charge is 0.492 e. The third-order valence-corrected chi connectivity index (χ3v) is 3.82. The number of hydrogen-bond donors (Lipinski definition) is 1. The topological polar surface area (TPSA) is 39.1 Å². The van der Waals surface area contributed by atoms with Crippen molar-refractivity contribution in [2.75, 3.05) is 13.2 Å². The molecule has 4 nitrogen and oxygen atoms in total. The third-order valence-electron chi connectivity index (χ3n) is 3.21. The molecule has 21 heavy (non-hydrogen) atoms. The van der Waals surface area contributed by atoms with Crippen LogP contribution in [0.1, 0.15) is 32.0 Å². The van der Waals surface area contributed by atoms with Crippen LogP contribution >= 0.6 is 15.9 Å². The molecule has 2 aromatic rings. The minimum absolute atomic E-state index is 0.110. The molecule has 0 aliphatic carbocycles. The van der Waals surface area contributed by atoms with E-state index in [0.29, 0.717) is 6.61 Å². The maximum Gasteiger partial charge on any atom is 0.119 e. The Morgan fingerprint density at radius 2 is 2.05 bits per heavy atom. The van der Waals surface area contributed by atoms with Crippen LogP contribution in [0.4, 0.5) is 0 Å². The first kappa shape index (κ1) is 16.0. The molecule has 2 rings (SSSR count). The Balaban J connectivity index is 2.13. The van der Waals surface area contributed by atoms with E-state index in [9.17, 15) is 0 Å². The number of likely N-dealkylation sites (N-methyl/N-ethyl adjacent to an activating group) is 1. The highest BCUT2D eigenvalue weighted by Crippen LogP contribution is 2.24. The van der Waals surface area contributed by atoms with E-state index in [0.717, 1.165) is 35.4 Å². The van der Waals surface area contributed by atoms with E-state index in [1.807, 2.05) is 41.2 Å². The van der Waals surface area contributed by atoms with Crippen molar-refractivity contribution in [1.82, 2.24) is 15.1 Å². The molecule has 1 atom stereocenters. The zero-order valence-electron chi connectivity index (χ0n) is 12.6. The van der Waals surface area contributed by atoms with Crippen LogP contribution in [-0.4, -0.2) is 22.9 Å². The fourth-order valence-corrected chi connectivity index (χ4v) is 2.86. The molecule has 1 aromatic carbocycles. The summed E-state index contributed by atoms with van der Waals surface area (Å²) in [5.74, 6) is 0.887. The van der Waals surface area contributed by atoms with Gasteiger partial charge in [0, 0.05) is 6.54 Å². The average Bonchev–Trinajstić information content (AvgIpc) is 2.86. The molecule has 5 heteroatoms. The minimum atomic E-state index is 0.110. The molecule has 114 valence electrons. The van der Waals surface area contributed by atoms with Crippen LogP contribution in [0.2, 0.25) is 0 Å². The van der Waals surface area contributed by atoms with E-state index in [1.165, 1.54) is 0 Å². The van der Waals surface area contributed by atoms with Gasteiger partial charge in [-0.25, -0.2) is 0 Å². The van der Waals surface area contributed by atoms with Crippen molar-refractivity contribution in [3.8, 4) is 5.75 Å². The number of benzene rings is 1. The van der Waals surface area contributed by atoms with Crippen molar-refractivity contribution >= 4 is 15.9 Å². The summed E-state index contributed by atoms with van der Waals surface area (Å²) in [7, 11) is 0. The lowest BCUT2D eigenvalue weighted by Gasteiger charge is -2.20. The first-order chi connectivity index (χ1) is 10.3. The van der Waals surface area contributed by atoms with E-state index < -0.39 is 0 Å². The third kappa shape index (κ3) is 4.32. The number of para-hydroxylation sites is 1. The van der Waals surface area contributed by atoms with Crippen LogP contribution in [0.25, 0.3) is 0 Å². The number of aryl methyl sites for hydroxylation is 1. The summed E-state index contributed by atoms with van der Waals surface area (Å²) in [4.78, 5) is 0. The maximum absolute atomic E-state index is 5.91. The van der Waals surface area contributed by atoms with Crippen molar-refractivity contribution in [2.24, 2.45) is 0 Å². The lowest BCUT2D eigenvalue weighted by molar-refractivity contribution is 0.260. The van der Waals surface area contributed by atoms with Crippen molar-refractivity contribution in [3.63, 3.8) is 0 Å². The molecule has 0 aliphatic rings. The maximum atomic E-state index is 5.91. The van der Waals surface area contributed by atoms with Gasteiger partial charge >= 0.3 is 0 Å². The predicted octanol–water partition coefficient (Wildman–Crippen LogP) is 3.79. The van der Waals surface area contributed by atoms with Crippen LogP contribution in [-0.2, 0) is 6.54 Å². The quantitative estimate of drug-likeness (QED) is 0.786. The second kappa shape index (κ2) is 8.20. The molecule has 0 amide bonds. The van der Waals surface area contributed by atoms with Gasteiger partial charge in [0.1, 0.15) is 12.4 Å². The molecule has 0 bridgehead atoms. The molecule has 0 fully saturated rings. The highest BCUT2D eigenvalue weighted by atomic mass is 79.9. The Bertz CT molecular complexity index is 542. The standard InChI is InChI=1S/C16H22BrN3O/c1-3-10-20-16(14(17)11-19-20)15(18-4-2)12-21-13-8-6-5-7-9-13/h5-9,11,15,18H,3-4,10,12H2,1-2H3. The number of halogens is 1. The molecule has 1 N–H and O–H groups in total. The summed E-state index contributed by atoms with van der Waals surface area (Å²) in [6.07, 6.45) is 2.91. The Morgan fingerprint density at radius 1 is 1.29 bits per heavy atom. The van der Waals surface area contributed by atoms with Gasteiger partial charge in [0.05, 0.1) is 22.4 Å². The number of nitrogens with zero attached hydrogens (tertiary/aromatic N) is 2. The van der Waals surface area contributed by atoms with Crippen molar-refractivity contribution in [3.05, 3.63) is 46.7 Å². The van der Waals surface area contributed by atoms with Crippen molar-refractivity contribution in [1.29, 1.82) is 0 Å². The fraction of sp³-hybridized carbons (Fsp3) is 0.438. The molecule has 0 aliphatic heterocycles. The SMILES string of the molecule is CCCn1ncc(Br)c1C(COc1ccccc1)NCC. The second-order valence-corrected chi connectivity index (χ2v) is 5.69. The zero-order valence-corrected chi connectivity index (χ0v) is 14.1. The molecule has 1 heterocycles. The second-order valence-electron chi connectivity index (χ2n) is 4.84. The van der Waals surface area contributed by atoms with Gasteiger partial charge in [-0.1, -0.05) is 32.0 Å². The van der Waals surface area contributed by atoms with Crippen LogP contribution in [0.15, 0.2) is 41.0 Å². The van der Waals surface area contributed by atoms with Gasteiger partial charge in [0.25, 0.3) is 0 Å². The summed E-state index contributed by atoms with van der Waals surface area (Å²) in [5.41, 5.74) is 1.15. The minimum Gasteiger partial charge on any atom is -0.492 e. The Labute approximate surface area is 134 Å². The van der Waals surface area contributed by atoms with E-state index in [1.54, 1.807) is 0 Å². The molecule has 0 saturated carbocycles. The van der Waals surface area contributed by atoms with Crippen LogP contribution in [0.3, 0.4) is 0 Å². The van der Waals surface area contributed by atoms with E-state index in [4.69, 9.17) is 4.74 Å². The van der Waals surface area contributed by atoms with E-state index >= 15 is 0 Å². The normalized spacial score (nSPS) is 12.3. The summed E-state index contributed by atoms with van der Waals surface area (Å²) in [5, 5.41) is 7.92. The zero-order chi connectivity index (χ0) is 15.1. The molecular formula is C16H22BrN3O. The Morgan fingerprint density at radius 3 is 2.71 bits per heavy atom. The molecule has 0 radical (unpaired) electrons. The van der Waals surface area contributed by atoms with Gasteiger partial charge in [-0.2, -0.15) is 5.10 Å². The fourth-order valence-electron chi connectivity index (χ4n) is 2.29. The average molecular weight is 352 g/mol. The van der Waals surface area contributed by atoms with Gasteiger partial charge in [-0.3, -0.25) is 4.68 Å². The molecule has 0 saturated heterocycles. The number of nitrogens with one attached hydrogen (secondary N) is 1. The monoisotopic (exact) mass is 351 g/mol. The van der Waals surface area contributed by atoms with Crippen molar-refractivity contribution in [2.45, 2.75) is 32.9 Å². The highest BCUT2D eigenvalue weighted by molar-refractivity contribution is 9.10. The highest BCUT2D eigenvalue weighted by Gasteiger charge is 2.20. The molecule has 0 spiro atoms. The number of rotatable bonds is 8. The molecule has 1 unspecified atom stereocenters. The molecule has 1 aromatic heterocycles. The van der Waals surface area contributed by atoms with Gasteiger partial charge in [-0.05, 0) is 41.0 Å². The first-order valence-electron chi connectivity index (χ1n) is 7.38. The smallest absolute Gasteiger partial charge is 0.119 e. The molecular weight excluding hydrogens is 330 g/mol. The van der Waals surface area contributed by atoms with Crippen molar-refractivity contribution < 1.29 is 4.74 Å². The van der Waals surface area contributed by atoms with Gasteiger partial charge in [-0.15, -0.1) is 0 Å². The van der Waals surface area contributed by atoms with Gasteiger partial charge in [0.2, 0.25) is 0 Å². The Hall–Kier alpha value is -1.33. The number of ether oxygens (including phenoxy) is 1. The lowest BCUT2D eigenvalue weighted by Crippen LogP contribution is -2.29. The lowest BCUT2D eigenvalue weighted by atomic mass is 10.2. The van der Waals surface area contributed by atoms with Gasteiger partial charge in [0.15, 0.2) is 0 Å². The summed E-state index contributed by atoms with van der Waals surface area (Å²) >= 11 is 3.61.